The molecule has 0 aromatic heterocycles. The van der Waals surface area contributed by atoms with Gasteiger partial charge in [-0.3, -0.25) is 0 Å². The van der Waals surface area contributed by atoms with E-state index >= 15 is 0 Å². The van der Waals surface area contributed by atoms with E-state index in [0.29, 0.717) is 12.2 Å². The van der Waals surface area contributed by atoms with Gasteiger partial charge >= 0.3 is 0 Å². The van der Waals surface area contributed by atoms with Crippen LogP contribution in [0.2, 0.25) is 0 Å². The Morgan fingerprint density at radius 1 is 1.33 bits per heavy atom. The number of sulfonamides is 1. The van der Waals surface area contributed by atoms with E-state index in [4.69, 9.17) is 5.73 Å². The first-order valence-corrected chi connectivity index (χ1v) is 7.24. The molecular weight excluding hydrogens is 250 g/mol. The molecule has 0 heterocycles. The Kier molecular flexibility index (Phi) is 4.72. The summed E-state index contributed by atoms with van der Waals surface area (Å²) in [7, 11) is 0.322. The van der Waals surface area contributed by atoms with E-state index in [-0.39, 0.29) is 10.9 Å². The first-order valence-electron chi connectivity index (χ1n) is 5.75. The van der Waals surface area contributed by atoms with Gasteiger partial charge in [-0.25, -0.2) is 13.1 Å². The van der Waals surface area contributed by atoms with Crippen LogP contribution in [0.5, 0.6) is 0 Å². The zero-order chi connectivity index (χ0) is 13.9. The molecule has 18 heavy (non-hydrogen) atoms. The number of hydrogen-bond acceptors (Lipinski definition) is 4. The summed E-state index contributed by atoms with van der Waals surface area (Å²) in [6.45, 7) is 4.13. The zero-order valence-electron chi connectivity index (χ0n) is 11.3. The molecule has 0 amide bonds. The third-order valence-corrected chi connectivity index (χ3v) is 4.24. The number of nitrogens with two attached hydrogens (primary N) is 1. The van der Waals surface area contributed by atoms with Crippen LogP contribution in [0.4, 0.5) is 5.69 Å². The molecule has 1 aromatic rings. The summed E-state index contributed by atoms with van der Waals surface area (Å²) in [4.78, 5) is 2.17. The lowest BCUT2D eigenvalue weighted by atomic mass is 10.2. The van der Waals surface area contributed by atoms with Crippen molar-refractivity contribution in [2.45, 2.75) is 24.8 Å². The number of anilines is 1. The largest absolute Gasteiger partial charge is 0.399 e. The molecule has 0 saturated heterocycles. The Labute approximate surface area is 109 Å². The van der Waals surface area contributed by atoms with Crippen LogP contribution in [0.25, 0.3) is 0 Å². The van der Waals surface area contributed by atoms with E-state index in [0.717, 1.165) is 5.56 Å². The Bertz CT molecular complexity index is 492. The van der Waals surface area contributed by atoms with E-state index < -0.39 is 10.0 Å². The number of hydrogen-bond donors (Lipinski definition) is 2. The summed E-state index contributed by atoms with van der Waals surface area (Å²) in [6.07, 6.45) is 0. The molecule has 102 valence electrons. The van der Waals surface area contributed by atoms with Crippen molar-refractivity contribution in [3.8, 4) is 0 Å². The highest BCUT2D eigenvalue weighted by Crippen LogP contribution is 2.16. The van der Waals surface area contributed by atoms with Gasteiger partial charge in [-0.15, -0.1) is 0 Å². The van der Waals surface area contributed by atoms with Crippen LogP contribution in [0.3, 0.4) is 0 Å². The van der Waals surface area contributed by atoms with E-state index in [2.05, 4.69) is 4.72 Å². The number of benzene rings is 1. The molecule has 3 N–H and O–H groups in total. The lowest BCUT2D eigenvalue weighted by Crippen LogP contribution is -2.38. The van der Waals surface area contributed by atoms with Gasteiger partial charge in [0.2, 0.25) is 10.0 Å². The van der Waals surface area contributed by atoms with Crippen LogP contribution in [0.15, 0.2) is 23.1 Å². The topological polar surface area (TPSA) is 75.4 Å². The van der Waals surface area contributed by atoms with Crippen LogP contribution in [-0.2, 0) is 10.0 Å². The van der Waals surface area contributed by atoms with Crippen molar-refractivity contribution in [3.05, 3.63) is 23.8 Å². The lowest BCUT2D eigenvalue weighted by molar-refractivity contribution is 0.314. The first kappa shape index (κ1) is 14.9. The van der Waals surface area contributed by atoms with Gasteiger partial charge in [0.1, 0.15) is 0 Å². The molecule has 1 unspecified atom stereocenters. The van der Waals surface area contributed by atoms with E-state index in [1.807, 2.05) is 32.8 Å². The summed E-state index contributed by atoms with van der Waals surface area (Å²) >= 11 is 0. The average molecular weight is 271 g/mol. The lowest BCUT2D eigenvalue weighted by Gasteiger charge is -2.20. The second-order valence-corrected chi connectivity index (χ2v) is 6.51. The maximum absolute atomic E-state index is 12.1. The highest BCUT2D eigenvalue weighted by molar-refractivity contribution is 7.89. The molecule has 0 aliphatic carbocycles. The number of nitrogens with one attached hydrogen (secondary N) is 1. The predicted octanol–water partition coefficient (Wildman–Crippen LogP) is 0.806. The predicted molar refractivity (Wildman–Crippen MR) is 73.9 cm³/mol. The van der Waals surface area contributed by atoms with Crippen molar-refractivity contribution in [2.75, 3.05) is 26.4 Å². The summed E-state index contributed by atoms with van der Waals surface area (Å²) in [5.41, 5.74) is 6.94. The molecule has 1 aromatic carbocycles. The summed E-state index contributed by atoms with van der Waals surface area (Å²) in [5.74, 6) is 0. The highest BCUT2D eigenvalue weighted by Gasteiger charge is 2.16. The number of nitrogen functional groups attached to an aromatic ring is 1. The number of likely N-dealkylation sites (N-methyl/N-ethyl adjacent to an activating group) is 1. The molecule has 0 radical (unpaired) electrons. The normalized spacial score (nSPS) is 13.8. The summed E-state index contributed by atoms with van der Waals surface area (Å²) in [5, 5.41) is 0. The number of nitrogens with zero attached hydrogens (tertiary/aromatic N) is 1. The minimum atomic E-state index is -3.49. The second kappa shape index (κ2) is 5.69. The van der Waals surface area contributed by atoms with Gasteiger partial charge in [0.15, 0.2) is 0 Å². The molecule has 6 heteroatoms. The van der Waals surface area contributed by atoms with E-state index in [1.165, 1.54) is 6.07 Å². The van der Waals surface area contributed by atoms with Crippen LogP contribution >= 0.6 is 0 Å². The van der Waals surface area contributed by atoms with Crippen LogP contribution < -0.4 is 10.5 Å². The maximum Gasteiger partial charge on any atom is 0.240 e. The third-order valence-electron chi connectivity index (χ3n) is 2.83. The fraction of sp³-hybridized carbons (Fsp3) is 0.500. The van der Waals surface area contributed by atoms with Crippen LogP contribution in [-0.4, -0.2) is 40.0 Å². The monoisotopic (exact) mass is 271 g/mol. The quantitative estimate of drug-likeness (QED) is 0.777. The smallest absolute Gasteiger partial charge is 0.240 e. The minimum absolute atomic E-state index is 0.127. The maximum atomic E-state index is 12.1. The fourth-order valence-corrected chi connectivity index (χ4v) is 2.69. The minimum Gasteiger partial charge on any atom is -0.399 e. The fourth-order valence-electron chi connectivity index (χ4n) is 1.43. The number of rotatable bonds is 5. The number of aryl methyl sites for hydroxylation is 1. The van der Waals surface area contributed by atoms with E-state index in [1.54, 1.807) is 12.1 Å². The molecule has 0 spiro atoms. The molecule has 0 bridgehead atoms. The molecule has 0 aliphatic heterocycles. The van der Waals surface area contributed by atoms with Crippen molar-refractivity contribution in [1.29, 1.82) is 0 Å². The molecule has 5 nitrogen and oxygen atoms in total. The Balaban J connectivity index is 2.86. The van der Waals surface area contributed by atoms with E-state index in [9.17, 15) is 8.42 Å². The van der Waals surface area contributed by atoms with Crippen molar-refractivity contribution in [2.24, 2.45) is 0 Å². The first-order chi connectivity index (χ1) is 8.22. The van der Waals surface area contributed by atoms with Crippen LogP contribution in [0, 0.1) is 6.92 Å². The van der Waals surface area contributed by atoms with Gasteiger partial charge < -0.3 is 10.6 Å². The van der Waals surface area contributed by atoms with Crippen molar-refractivity contribution in [3.63, 3.8) is 0 Å². The van der Waals surface area contributed by atoms with Crippen molar-refractivity contribution < 1.29 is 8.42 Å². The second-order valence-electron chi connectivity index (χ2n) is 4.74. The highest BCUT2D eigenvalue weighted by atomic mass is 32.2. The molecular formula is C12H21N3O2S. The summed E-state index contributed by atoms with van der Waals surface area (Å²) < 4.78 is 26.7. The summed E-state index contributed by atoms with van der Waals surface area (Å²) in [6, 6.07) is 4.94. The Hall–Kier alpha value is -1.11. The Morgan fingerprint density at radius 3 is 2.44 bits per heavy atom. The van der Waals surface area contributed by atoms with Gasteiger partial charge in [-0.05, 0) is 51.7 Å². The van der Waals surface area contributed by atoms with Gasteiger partial charge in [0, 0.05) is 18.3 Å². The van der Waals surface area contributed by atoms with Gasteiger partial charge in [0.25, 0.3) is 0 Å². The standard InChI is InChI=1S/C12H21N3O2S/c1-9-5-11(13)7-12(6-9)18(16,17)14-8-10(2)15(3)4/h5-7,10,14H,8,13H2,1-4H3. The van der Waals surface area contributed by atoms with Crippen LogP contribution in [0.1, 0.15) is 12.5 Å². The van der Waals surface area contributed by atoms with Gasteiger partial charge in [-0.1, -0.05) is 0 Å². The third kappa shape index (κ3) is 3.97. The molecule has 0 fully saturated rings. The molecule has 1 rings (SSSR count). The molecule has 0 saturated carbocycles. The van der Waals surface area contributed by atoms with Gasteiger partial charge in [-0.2, -0.15) is 0 Å². The Morgan fingerprint density at radius 2 is 1.94 bits per heavy atom. The van der Waals surface area contributed by atoms with Crippen molar-refractivity contribution >= 4 is 15.7 Å². The zero-order valence-corrected chi connectivity index (χ0v) is 12.1. The molecule has 0 aliphatic rings. The average Bonchev–Trinajstić information content (AvgIpc) is 2.24. The SMILES string of the molecule is Cc1cc(N)cc(S(=O)(=O)NCC(C)N(C)C)c1. The molecule has 1 atom stereocenters. The van der Waals surface area contributed by atoms with Gasteiger partial charge in [0.05, 0.1) is 4.90 Å². The van der Waals surface area contributed by atoms with Crippen molar-refractivity contribution in [1.82, 2.24) is 9.62 Å².